The van der Waals surface area contributed by atoms with Crippen LogP contribution in [0.4, 0.5) is 0 Å². The Hall–Kier alpha value is -1.24. The largest absolute Gasteiger partial charge is 0.393 e. The molecule has 2 spiro atoms. The van der Waals surface area contributed by atoms with Crippen LogP contribution in [-0.2, 0) is 31.2 Å². The van der Waals surface area contributed by atoms with E-state index in [-0.39, 0.29) is 27.8 Å². The first kappa shape index (κ1) is 28.2. The van der Waals surface area contributed by atoms with Crippen molar-refractivity contribution in [1.82, 2.24) is 0 Å². The average molecular weight is 577 g/mol. The molecular weight excluding hydrogens is 524 g/mol. The van der Waals surface area contributed by atoms with E-state index in [9.17, 15) is 5.11 Å². The molecule has 1 aromatic carbocycles. The monoisotopic (exact) mass is 576 g/mol. The summed E-state index contributed by atoms with van der Waals surface area (Å²) in [6.45, 7) is 16.3. The van der Waals surface area contributed by atoms with E-state index < -0.39 is 11.6 Å². The maximum Gasteiger partial charge on any atom is 0.191 e. The highest BCUT2D eigenvalue weighted by atomic mass is 16.7. The number of benzene rings is 1. The third kappa shape index (κ3) is 3.99. The molecule has 42 heavy (non-hydrogen) atoms. The van der Waals surface area contributed by atoms with Gasteiger partial charge in [0.15, 0.2) is 11.6 Å². The highest BCUT2D eigenvalue weighted by molar-refractivity contribution is 5.46. The fourth-order valence-electron chi connectivity index (χ4n) is 10.8. The van der Waals surface area contributed by atoms with Gasteiger partial charge in [-0.1, -0.05) is 64.5 Å². The maximum atomic E-state index is 11.4. The van der Waals surface area contributed by atoms with Crippen molar-refractivity contribution < 1.29 is 24.1 Å². The summed E-state index contributed by atoms with van der Waals surface area (Å²) >= 11 is 0. The van der Waals surface area contributed by atoms with E-state index in [1.807, 2.05) is 0 Å². The molecule has 0 bridgehead atoms. The lowest BCUT2D eigenvalue weighted by Crippen LogP contribution is -2.60. The van der Waals surface area contributed by atoms with E-state index >= 15 is 0 Å². The summed E-state index contributed by atoms with van der Waals surface area (Å²) in [6, 6.07) is 7.13. The highest BCUT2D eigenvalue weighted by Crippen LogP contribution is 2.72. The van der Waals surface area contributed by atoms with Gasteiger partial charge in [0.25, 0.3) is 0 Å². The second-order valence-electron chi connectivity index (χ2n) is 17.4. The van der Waals surface area contributed by atoms with Gasteiger partial charge >= 0.3 is 0 Å². The summed E-state index contributed by atoms with van der Waals surface area (Å²) in [4.78, 5) is 0. The van der Waals surface area contributed by atoms with Gasteiger partial charge in [-0.2, -0.15) is 0 Å². The van der Waals surface area contributed by atoms with Crippen molar-refractivity contribution in [3.63, 3.8) is 0 Å². The van der Waals surface area contributed by atoms with E-state index in [1.54, 1.807) is 5.57 Å². The number of aliphatic hydroxyl groups is 1. The second kappa shape index (κ2) is 8.94. The third-order valence-corrected chi connectivity index (χ3v) is 13.3. The molecule has 8 rings (SSSR count). The van der Waals surface area contributed by atoms with Gasteiger partial charge in [0.2, 0.25) is 0 Å². The molecule has 7 atom stereocenters. The standard InChI is InChI=1S/C37H52O5/c1-32(2)19-39-35(6,40-20-32)24-7-9-26-23(15-24)16-36-13-14-37(41-21-33(3,4)22-42-37)17-25(36)8-10-27-29-11-12-30(38)34(29,5)18-28(26)31(27)36/h7-9,15,27-31,38H,10-14,16-22H2,1-6H3/t27-,28?,29-,30-,31?,34-,36+/m0/s1. The van der Waals surface area contributed by atoms with Crippen LogP contribution in [0.25, 0.3) is 0 Å². The molecule has 7 aliphatic rings. The molecule has 5 aliphatic carbocycles. The van der Waals surface area contributed by atoms with Crippen LogP contribution in [0.15, 0.2) is 29.8 Å². The van der Waals surface area contributed by atoms with Gasteiger partial charge in [0.05, 0.1) is 32.5 Å². The van der Waals surface area contributed by atoms with Crippen molar-refractivity contribution in [3.8, 4) is 0 Å². The molecule has 2 saturated heterocycles. The van der Waals surface area contributed by atoms with Gasteiger partial charge in [-0.25, -0.2) is 0 Å². The highest BCUT2D eigenvalue weighted by Gasteiger charge is 2.66. The maximum absolute atomic E-state index is 11.4. The lowest BCUT2D eigenvalue weighted by molar-refractivity contribution is -0.311. The molecule has 1 N–H and O–H groups in total. The minimum atomic E-state index is -0.717. The molecule has 0 radical (unpaired) electrons. The fourth-order valence-corrected chi connectivity index (χ4v) is 10.8. The molecule has 230 valence electrons. The molecule has 2 unspecified atom stereocenters. The summed E-state index contributed by atoms with van der Waals surface area (Å²) in [7, 11) is 0. The van der Waals surface area contributed by atoms with Crippen molar-refractivity contribution in [2.24, 2.45) is 39.4 Å². The van der Waals surface area contributed by atoms with E-state index in [0.717, 1.165) is 63.7 Å². The lowest BCUT2D eigenvalue weighted by atomic mass is 9.40. The molecule has 3 saturated carbocycles. The Morgan fingerprint density at radius 2 is 1.50 bits per heavy atom. The molecular formula is C37H52O5. The van der Waals surface area contributed by atoms with Gasteiger partial charge < -0.3 is 24.1 Å². The van der Waals surface area contributed by atoms with Crippen LogP contribution in [-0.4, -0.2) is 43.4 Å². The topological polar surface area (TPSA) is 57.2 Å². The third-order valence-electron chi connectivity index (χ3n) is 13.3. The van der Waals surface area contributed by atoms with Crippen LogP contribution < -0.4 is 0 Å². The predicted molar refractivity (Wildman–Crippen MR) is 162 cm³/mol. The zero-order valence-corrected chi connectivity index (χ0v) is 26.8. The SMILES string of the molecule is CC1(C)COC2(CC[C@@]34Cc5cc(C6(C)OCC(C)(C)CO6)ccc5C5C[C@]6(C)[C@@H](O)CC[C@H]6[C@H](CC=C3C2)C54)OC1. The summed E-state index contributed by atoms with van der Waals surface area (Å²) in [5, 5.41) is 11.4. The van der Waals surface area contributed by atoms with Crippen LogP contribution in [0, 0.1) is 39.4 Å². The minimum Gasteiger partial charge on any atom is -0.393 e. The number of aliphatic hydroxyl groups excluding tert-OH is 1. The lowest BCUT2D eigenvalue weighted by Gasteiger charge is -2.65. The van der Waals surface area contributed by atoms with Crippen LogP contribution in [0.3, 0.4) is 0 Å². The smallest absolute Gasteiger partial charge is 0.191 e. The van der Waals surface area contributed by atoms with Crippen LogP contribution >= 0.6 is 0 Å². The van der Waals surface area contributed by atoms with Crippen LogP contribution in [0.5, 0.6) is 0 Å². The molecule has 0 aromatic heterocycles. The number of hydrogen-bond acceptors (Lipinski definition) is 5. The fraction of sp³-hybridized carbons (Fsp3) is 0.784. The summed E-state index contributed by atoms with van der Waals surface area (Å²) in [6.07, 6.45) is 10.8. The van der Waals surface area contributed by atoms with Crippen molar-refractivity contribution in [2.45, 2.75) is 117 Å². The van der Waals surface area contributed by atoms with Gasteiger partial charge in [-0.3, -0.25) is 0 Å². The Labute approximate surface area is 252 Å². The van der Waals surface area contributed by atoms with Gasteiger partial charge in [0.1, 0.15) is 0 Å². The summed E-state index contributed by atoms with van der Waals surface area (Å²) in [5.74, 6) is 1.14. The first-order chi connectivity index (χ1) is 19.8. The number of rotatable bonds is 1. The van der Waals surface area contributed by atoms with E-state index in [0.29, 0.717) is 36.9 Å². The Bertz CT molecular complexity index is 1290. The summed E-state index contributed by atoms with van der Waals surface area (Å²) in [5.41, 5.74) is 5.95. The van der Waals surface area contributed by atoms with Crippen LogP contribution in [0.1, 0.15) is 109 Å². The van der Waals surface area contributed by atoms with Crippen molar-refractivity contribution in [1.29, 1.82) is 0 Å². The normalized spacial score (nSPS) is 43.9. The Kier molecular flexibility index (Phi) is 6.01. The number of allylic oxidation sites excluding steroid dienone is 1. The molecule has 0 amide bonds. The first-order valence-corrected chi connectivity index (χ1v) is 16.8. The molecule has 2 heterocycles. The number of ether oxygens (including phenoxy) is 4. The second-order valence-corrected chi connectivity index (χ2v) is 17.4. The van der Waals surface area contributed by atoms with Crippen molar-refractivity contribution in [2.75, 3.05) is 26.4 Å². The quantitative estimate of drug-likeness (QED) is 0.357. The molecule has 2 aliphatic heterocycles. The van der Waals surface area contributed by atoms with Gasteiger partial charge in [-0.05, 0) is 91.1 Å². The number of fused-ring (bicyclic) bond motifs is 4. The number of hydrogen-bond donors (Lipinski definition) is 1. The van der Waals surface area contributed by atoms with Crippen molar-refractivity contribution in [3.05, 3.63) is 46.5 Å². The Balaban J connectivity index is 1.21. The zero-order chi connectivity index (χ0) is 29.3. The average Bonchev–Trinajstić information content (AvgIpc) is 3.26. The van der Waals surface area contributed by atoms with E-state index in [2.05, 4.69) is 65.8 Å². The zero-order valence-electron chi connectivity index (χ0n) is 26.8. The predicted octanol–water partition coefficient (Wildman–Crippen LogP) is 7.26. The molecule has 5 fully saturated rings. The van der Waals surface area contributed by atoms with Gasteiger partial charge in [0, 0.05) is 29.2 Å². The Morgan fingerprint density at radius 1 is 0.810 bits per heavy atom. The Morgan fingerprint density at radius 3 is 2.21 bits per heavy atom. The molecule has 1 aromatic rings. The van der Waals surface area contributed by atoms with E-state index in [4.69, 9.17) is 18.9 Å². The first-order valence-electron chi connectivity index (χ1n) is 16.8. The van der Waals surface area contributed by atoms with Gasteiger partial charge in [-0.15, -0.1) is 0 Å². The molecule has 5 heteroatoms. The molecule has 5 nitrogen and oxygen atoms in total. The minimum absolute atomic E-state index is 0.00410. The van der Waals surface area contributed by atoms with Crippen LogP contribution in [0.2, 0.25) is 0 Å². The van der Waals surface area contributed by atoms with E-state index in [1.165, 1.54) is 17.5 Å². The summed E-state index contributed by atoms with van der Waals surface area (Å²) < 4.78 is 26.1. The van der Waals surface area contributed by atoms with Crippen molar-refractivity contribution >= 4 is 0 Å².